The van der Waals surface area contributed by atoms with Crippen LogP contribution >= 0.6 is 12.4 Å². The van der Waals surface area contributed by atoms with Gasteiger partial charge in [0.25, 0.3) is 0 Å². The van der Waals surface area contributed by atoms with Crippen LogP contribution in [0, 0.1) is 0 Å². The lowest BCUT2D eigenvalue weighted by molar-refractivity contribution is 0.248. The topological polar surface area (TPSA) is 81.1 Å². The van der Waals surface area contributed by atoms with Gasteiger partial charge >= 0.3 is 6.03 Å². The normalized spacial score (nSPS) is 11.3. The molecule has 0 fully saturated rings. The van der Waals surface area contributed by atoms with Gasteiger partial charge in [0, 0.05) is 12.6 Å². The van der Waals surface area contributed by atoms with Gasteiger partial charge in [-0.3, -0.25) is 0 Å². The average molecular weight is 230 g/mol. The van der Waals surface area contributed by atoms with E-state index in [-0.39, 0.29) is 18.4 Å². The summed E-state index contributed by atoms with van der Waals surface area (Å²) in [6.45, 7) is 0.407. The number of nitrogens with one attached hydrogen (secondary N) is 1. The quantitative estimate of drug-likeness (QED) is 0.709. The van der Waals surface area contributed by atoms with Crippen LogP contribution in [0.2, 0.25) is 0 Å². The number of halogens is 1. The van der Waals surface area contributed by atoms with Crippen molar-refractivity contribution in [1.82, 2.24) is 5.32 Å². The molecule has 0 unspecified atom stereocenters. The zero-order valence-electron chi connectivity index (χ0n) is 8.35. The van der Waals surface area contributed by atoms with Crippen LogP contribution in [0.25, 0.3) is 0 Å². The van der Waals surface area contributed by atoms with Crippen LogP contribution in [-0.4, -0.2) is 18.6 Å². The van der Waals surface area contributed by atoms with Crippen molar-refractivity contribution in [3.05, 3.63) is 35.9 Å². The van der Waals surface area contributed by atoms with E-state index in [4.69, 9.17) is 11.5 Å². The van der Waals surface area contributed by atoms with Gasteiger partial charge in [0.1, 0.15) is 0 Å². The van der Waals surface area contributed by atoms with Gasteiger partial charge < -0.3 is 16.8 Å². The van der Waals surface area contributed by atoms with Gasteiger partial charge in [0.05, 0.1) is 0 Å². The molecule has 0 saturated carbocycles. The zero-order chi connectivity index (χ0) is 10.4. The first-order valence-electron chi connectivity index (χ1n) is 4.51. The molecule has 0 aliphatic heterocycles. The van der Waals surface area contributed by atoms with E-state index >= 15 is 0 Å². The van der Waals surface area contributed by atoms with Gasteiger partial charge in [-0.05, 0) is 12.0 Å². The van der Waals surface area contributed by atoms with Crippen molar-refractivity contribution in [2.45, 2.75) is 12.5 Å². The Hall–Kier alpha value is -1.26. The second-order valence-corrected chi connectivity index (χ2v) is 3.19. The second-order valence-electron chi connectivity index (χ2n) is 3.19. The van der Waals surface area contributed by atoms with E-state index < -0.39 is 6.03 Å². The molecule has 5 N–H and O–H groups in total. The summed E-state index contributed by atoms with van der Waals surface area (Å²) in [5, 5.41) is 2.48. The van der Waals surface area contributed by atoms with Crippen molar-refractivity contribution in [2.24, 2.45) is 11.5 Å². The maximum absolute atomic E-state index is 10.4. The van der Waals surface area contributed by atoms with Gasteiger partial charge in [-0.1, -0.05) is 30.3 Å². The van der Waals surface area contributed by atoms with Gasteiger partial charge in [0.2, 0.25) is 0 Å². The van der Waals surface area contributed by atoms with Crippen LogP contribution in [0.3, 0.4) is 0 Å². The number of amides is 2. The SMILES string of the molecule is Cl.NC(=O)NC[C@H](N)Cc1ccccc1. The number of rotatable bonds is 4. The van der Waals surface area contributed by atoms with Crippen LogP contribution in [0.15, 0.2) is 30.3 Å². The largest absolute Gasteiger partial charge is 0.352 e. The molecule has 0 radical (unpaired) electrons. The summed E-state index contributed by atoms with van der Waals surface area (Å²) in [5.41, 5.74) is 11.9. The first-order chi connectivity index (χ1) is 6.68. The van der Waals surface area contributed by atoms with E-state index in [2.05, 4.69) is 5.32 Å². The number of hydrogen-bond acceptors (Lipinski definition) is 2. The summed E-state index contributed by atoms with van der Waals surface area (Å²) in [4.78, 5) is 10.4. The minimum absolute atomic E-state index is 0. The summed E-state index contributed by atoms with van der Waals surface area (Å²) < 4.78 is 0. The van der Waals surface area contributed by atoms with E-state index in [1.165, 1.54) is 0 Å². The Kier molecular flexibility index (Phi) is 6.49. The van der Waals surface area contributed by atoms with E-state index in [9.17, 15) is 4.79 Å². The third-order valence-corrected chi connectivity index (χ3v) is 1.88. The van der Waals surface area contributed by atoms with Crippen molar-refractivity contribution >= 4 is 18.4 Å². The Morgan fingerprint density at radius 3 is 2.47 bits per heavy atom. The number of primary amides is 1. The predicted octanol–water partition coefficient (Wildman–Crippen LogP) is 0.646. The number of urea groups is 1. The fourth-order valence-electron chi connectivity index (χ4n) is 1.22. The molecule has 0 aliphatic carbocycles. The summed E-state index contributed by atoms with van der Waals surface area (Å²) in [5.74, 6) is 0. The first kappa shape index (κ1) is 13.7. The van der Waals surface area contributed by atoms with Crippen molar-refractivity contribution in [3.63, 3.8) is 0 Å². The molecule has 1 atom stereocenters. The Bertz CT molecular complexity index is 292. The third-order valence-electron chi connectivity index (χ3n) is 1.88. The lowest BCUT2D eigenvalue weighted by Gasteiger charge is -2.11. The smallest absolute Gasteiger partial charge is 0.312 e. The molecule has 5 heteroatoms. The molecule has 1 aromatic carbocycles. The molecule has 1 rings (SSSR count). The van der Waals surface area contributed by atoms with Crippen LogP contribution < -0.4 is 16.8 Å². The number of carbonyl (C=O) groups is 1. The summed E-state index contributed by atoms with van der Waals surface area (Å²) in [6, 6.07) is 9.26. The molecular weight excluding hydrogens is 214 g/mol. The van der Waals surface area contributed by atoms with Gasteiger partial charge in [-0.25, -0.2) is 4.79 Å². The summed E-state index contributed by atoms with van der Waals surface area (Å²) >= 11 is 0. The fraction of sp³-hybridized carbons (Fsp3) is 0.300. The maximum Gasteiger partial charge on any atom is 0.312 e. The van der Waals surface area contributed by atoms with E-state index in [0.29, 0.717) is 6.54 Å². The standard InChI is InChI=1S/C10H15N3O.ClH/c11-9(7-13-10(12)14)6-8-4-2-1-3-5-8;/h1-5,9H,6-7,11H2,(H3,12,13,14);1H/t9-;/m1./s1. The number of benzene rings is 1. The van der Waals surface area contributed by atoms with E-state index in [0.717, 1.165) is 12.0 Å². The molecule has 84 valence electrons. The first-order valence-corrected chi connectivity index (χ1v) is 4.51. The summed E-state index contributed by atoms with van der Waals surface area (Å²) in [7, 11) is 0. The Labute approximate surface area is 95.4 Å². The Morgan fingerprint density at radius 2 is 1.93 bits per heavy atom. The van der Waals surface area contributed by atoms with Crippen molar-refractivity contribution in [1.29, 1.82) is 0 Å². The number of hydrogen-bond donors (Lipinski definition) is 3. The van der Waals surface area contributed by atoms with Crippen LogP contribution in [0.5, 0.6) is 0 Å². The monoisotopic (exact) mass is 229 g/mol. The Balaban J connectivity index is 0.00000196. The molecule has 0 aromatic heterocycles. The highest BCUT2D eigenvalue weighted by atomic mass is 35.5. The van der Waals surface area contributed by atoms with E-state index in [1.807, 2.05) is 30.3 Å². The van der Waals surface area contributed by atoms with Gasteiger partial charge in [-0.2, -0.15) is 0 Å². The minimum atomic E-state index is -0.534. The number of carbonyl (C=O) groups excluding carboxylic acids is 1. The van der Waals surface area contributed by atoms with Crippen LogP contribution in [-0.2, 0) is 6.42 Å². The van der Waals surface area contributed by atoms with Crippen LogP contribution in [0.4, 0.5) is 4.79 Å². The predicted molar refractivity (Wildman–Crippen MR) is 63.0 cm³/mol. The van der Waals surface area contributed by atoms with Crippen LogP contribution in [0.1, 0.15) is 5.56 Å². The molecule has 2 amide bonds. The molecule has 1 aromatic rings. The van der Waals surface area contributed by atoms with Crippen molar-refractivity contribution < 1.29 is 4.79 Å². The molecule has 0 bridgehead atoms. The highest BCUT2D eigenvalue weighted by Crippen LogP contribution is 2.00. The molecule has 15 heavy (non-hydrogen) atoms. The van der Waals surface area contributed by atoms with Gasteiger partial charge in [0.15, 0.2) is 0 Å². The second kappa shape index (κ2) is 7.09. The average Bonchev–Trinajstić information content (AvgIpc) is 2.16. The lowest BCUT2D eigenvalue weighted by Crippen LogP contribution is -2.40. The third kappa shape index (κ3) is 5.93. The Morgan fingerprint density at radius 1 is 1.33 bits per heavy atom. The fourth-order valence-corrected chi connectivity index (χ4v) is 1.22. The molecule has 0 aliphatic rings. The minimum Gasteiger partial charge on any atom is -0.352 e. The van der Waals surface area contributed by atoms with E-state index in [1.54, 1.807) is 0 Å². The van der Waals surface area contributed by atoms with Crippen molar-refractivity contribution in [2.75, 3.05) is 6.54 Å². The molecule has 4 nitrogen and oxygen atoms in total. The highest BCUT2D eigenvalue weighted by molar-refractivity contribution is 5.85. The maximum atomic E-state index is 10.4. The highest BCUT2D eigenvalue weighted by Gasteiger charge is 2.03. The molecule has 0 heterocycles. The molecular formula is C10H16ClN3O. The molecule has 0 spiro atoms. The summed E-state index contributed by atoms with van der Waals surface area (Å²) in [6.07, 6.45) is 0.737. The zero-order valence-corrected chi connectivity index (χ0v) is 9.17. The van der Waals surface area contributed by atoms with Gasteiger partial charge in [-0.15, -0.1) is 12.4 Å². The van der Waals surface area contributed by atoms with Crippen molar-refractivity contribution in [3.8, 4) is 0 Å². The lowest BCUT2D eigenvalue weighted by atomic mass is 10.1. The number of nitrogens with two attached hydrogens (primary N) is 2. The molecule has 0 saturated heterocycles.